The number of halogens is 2. The maximum absolute atomic E-state index is 3.51. The largest absolute Gasteiger partial charge is 0.310 e. The lowest BCUT2D eigenvalue weighted by molar-refractivity contribution is 1.27. The van der Waals surface area contributed by atoms with Crippen molar-refractivity contribution < 1.29 is 0 Å². The Bertz CT molecular complexity index is 835. The van der Waals surface area contributed by atoms with E-state index in [1.165, 1.54) is 11.1 Å². The molecule has 3 heteroatoms. The first-order valence-corrected chi connectivity index (χ1v) is 8.93. The lowest BCUT2D eigenvalue weighted by Gasteiger charge is -2.27. The van der Waals surface area contributed by atoms with Gasteiger partial charge < -0.3 is 4.90 Å². The molecule has 0 saturated heterocycles. The quantitative estimate of drug-likeness (QED) is 0.335. The van der Waals surface area contributed by atoms with E-state index in [2.05, 4.69) is 116 Å². The molecular weight excluding hydrogens is 414 g/mol. The number of hydrogen-bond acceptors (Lipinski definition) is 1. The van der Waals surface area contributed by atoms with E-state index in [0.29, 0.717) is 0 Å². The fourth-order valence-electron chi connectivity index (χ4n) is 2.71. The van der Waals surface area contributed by atoms with Crippen molar-refractivity contribution in [1.29, 1.82) is 0 Å². The Morgan fingerprint density at radius 2 is 1.00 bits per heavy atom. The van der Waals surface area contributed by atoms with Crippen LogP contribution in [0.4, 0.5) is 17.1 Å². The van der Waals surface area contributed by atoms with Crippen molar-refractivity contribution >= 4 is 61.1 Å². The van der Waals surface area contributed by atoms with Crippen molar-refractivity contribution in [3.05, 3.63) is 86.8 Å². The topological polar surface area (TPSA) is 3.24 Å². The normalized spacial score (nSPS) is 11.7. The molecule has 0 atom stereocenters. The van der Waals surface area contributed by atoms with Crippen LogP contribution in [0.1, 0.15) is 11.1 Å². The average molecular weight is 427 g/mol. The molecule has 1 aliphatic rings. The highest BCUT2D eigenvalue weighted by atomic mass is 79.9. The molecule has 3 aromatic rings. The zero-order valence-electron chi connectivity index (χ0n) is 12.2. The molecule has 0 fully saturated rings. The van der Waals surface area contributed by atoms with Gasteiger partial charge in [-0.2, -0.15) is 0 Å². The first-order chi connectivity index (χ1) is 11.2. The summed E-state index contributed by atoms with van der Waals surface area (Å²) in [6.45, 7) is 0. The minimum Gasteiger partial charge on any atom is -0.310 e. The molecule has 3 aromatic carbocycles. The molecule has 0 aliphatic heterocycles. The Labute approximate surface area is 152 Å². The molecule has 0 radical (unpaired) electrons. The van der Waals surface area contributed by atoms with E-state index in [4.69, 9.17) is 0 Å². The zero-order chi connectivity index (χ0) is 15.8. The van der Waals surface area contributed by atoms with Crippen LogP contribution in [0.25, 0.3) is 12.2 Å². The van der Waals surface area contributed by atoms with Crippen LogP contribution in [0.5, 0.6) is 0 Å². The van der Waals surface area contributed by atoms with Crippen LogP contribution in [0.2, 0.25) is 0 Å². The van der Waals surface area contributed by atoms with Gasteiger partial charge in [0.1, 0.15) is 0 Å². The summed E-state index contributed by atoms with van der Waals surface area (Å²) in [7, 11) is 0. The predicted octanol–water partition coefficient (Wildman–Crippen LogP) is 7.17. The zero-order valence-corrected chi connectivity index (χ0v) is 15.4. The molecule has 0 spiro atoms. The van der Waals surface area contributed by atoms with Crippen LogP contribution in [0.15, 0.2) is 75.7 Å². The summed E-state index contributed by atoms with van der Waals surface area (Å²) in [6.07, 6.45) is 4.29. The summed E-state index contributed by atoms with van der Waals surface area (Å²) >= 11 is 7.03. The minimum absolute atomic E-state index is 1.08. The van der Waals surface area contributed by atoms with Gasteiger partial charge in [-0.1, -0.05) is 50.1 Å². The fraction of sp³-hybridized carbons (Fsp3) is 0. The standard InChI is InChI=1S/C20H13Br2N/c21-16-4-9-18(10-5-16)23(19-11-6-17(22)7-12-19)20-8-3-14-1-2-15(14)13-20/h1-13H. The van der Waals surface area contributed by atoms with Crippen molar-refractivity contribution in [2.75, 3.05) is 4.90 Å². The summed E-state index contributed by atoms with van der Waals surface area (Å²) in [5.74, 6) is 0. The highest BCUT2D eigenvalue weighted by molar-refractivity contribution is 9.10. The van der Waals surface area contributed by atoms with Gasteiger partial charge in [0.05, 0.1) is 0 Å². The third-order valence-corrected chi connectivity index (χ3v) is 5.00. The Balaban J connectivity index is 1.84. The lowest BCUT2D eigenvalue weighted by atomic mass is 9.97. The van der Waals surface area contributed by atoms with E-state index in [1.807, 2.05) is 0 Å². The predicted molar refractivity (Wildman–Crippen MR) is 105 cm³/mol. The number of rotatable bonds is 3. The van der Waals surface area contributed by atoms with E-state index in [-0.39, 0.29) is 0 Å². The summed E-state index contributed by atoms with van der Waals surface area (Å²) in [4.78, 5) is 2.27. The SMILES string of the molecule is Brc1ccc(N(c2ccc(Br)cc2)c2ccc3c(c2)C=C3)cc1. The number of fused-ring (bicyclic) bond motifs is 1. The van der Waals surface area contributed by atoms with Crippen LogP contribution < -0.4 is 4.90 Å². The second-order valence-electron chi connectivity index (χ2n) is 5.43. The van der Waals surface area contributed by atoms with E-state index >= 15 is 0 Å². The Morgan fingerprint density at radius 1 is 0.522 bits per heavy atom. The van der Waals surface area contributed by atoms with E-state index in [1.54, 1.807) is 0 Å². The van der Waals surface area contributed by atoms with Crippen LogP contribution in [-0.4, -0.2) is 0 Å². The van der Waals surface area contributed by atoms with E-state index in [0.717, 1.165) is 26.0 Å². The summed E-state index contributed by atoms with van der Waals surface area (Å²) in [6, 6.07) is 23.4. The average Bonchev–Trinajstić information content (AvgIpc) is 2.53. The Morgan fingerprint density at radius 3 is 1.43 bits per heavy atom. The van der Waals surface area contributed by atoms with Crippen molar-refractivity contribution in [2.45, 2.75) is 0 Å². The number of hydrogen-bond donors (Lipinski definition) is 0. The van der Waals surface area contributed by atoms with Gasteiger partial charge in [0.25, 0.3) is 0 Å². The minimum atomic E-state index is 1.08. The highest BCUT2D eigenvalue weighted by Gasteiger charge is 2.15. The van der Waals surface area contributed by atoms with E-state index in [9.17, 15) is 0 Å². The lowest BCUT2D eigenvalue weighted by Crippen LogP contribution is -2.10. The molecule has 0 unspecified atom stereocenters. The Hall–Kier alpha value is -1.84. The third kappa shape index (κ3) is 2.87. The van der Waals surface area contributed by atoms with Gasteiger partial charge in [-0.3, -0.25) is 0 Å². The molecule has 0 bridgehead atoms. The van der Waals surface area contributed by atoms with Crippen molar-refractivity contribution in [3.63, 3.8) is 0 Å². The van der Waals surface area contributed by atoms with Gasteiger partial charge in [0, 0.05) is 26.0 Å². The second-order valence-corrected chi connectivity index (χ2v) is 7.27. The summed E-state index contributed by atoms with van der Waals surface area (Å²) in [5.41, 5.74) is 6.04. The van der Waals surface area contributed by atoms with Crippen LogP contribution in [0, 0.1) is 0 Å². The van der Waals surface area contributed by atoms with Gasteiger partial charge in [-0.15, -0.1) is 0 Å². The molecule has 0 heterocycles. The molecule has 1 aliphatic carbocycles. The first kappa shape index (κ1) is 14.7. The number of anilines is 3. The fourth-order valence-corrected chi connectivity index (χ4v) is 3.24. The molecule has 0 amide bonds. The molecule has 0 aromatic heterocycles. The van der Waals surface area contributed by atoms with Gasteiger partial charge in [-0.05, 0) is 71.8 Å². The van der Waals surface area contributed by atoms with Crippen molar-refractivity contribution in [1.82, 2.24) is 0 Å². The molecular formula is C20H13Br2N. The summed E-state index contributed by atoms with van der Waals surface area (Å²) < 4.78 is 2.16. The molecule has 1 nitrogen and oxygen atoms in total. The van der Waals surface area contributed by atoms with Gasteiger partial charge >= 0.3 is 0 Å². The van der Waals surface area contributed by atoms with Gasteiger partial charge in [0.15, 0.2) is 0 Å². The Kier molecular flexibility index (Phi) is 3.83. The second kappa shape index (κ2) is 5.99. The van der Waals surface area contributed by atoms with E-state index < -0.39 is 0 Å². The third-order valence-electron chi connectivity index (χ3n) is 3.94. The van der Waals surface area contributed by atoms with Crippen LogP contribution in [-0.2, 0) is 0 Å². The number of nitrogens with zero attached hydrogens (tertiary/aromatic N) is 1. The van der Waals surface area contributed by atoms with Gasteiger partial charge in [0.2, 0.25) is 0 Å². The number of benzene rings is 3. The summed E-state index contributed by atoms with van der Waals surface area (Å²) in [5, 5.41) is 0. The maximum Gasteiger partial charge on any atom is 0.0468 e. The van der Waals surface area contributed by atoms with Gasteiger partial charge in [-0.25, -0.2) is 0 Å². The molecule has 0 N–H and O–H groups in total. The highest BCUT2D eigenvalue weighted by Crippen LogP contribution is 2.38. The first-order valence-electron chi connectivity index (χ1n) is 7.34. The van der Waals surface area contributed by atoms with Crippen molar-refractivity contribution in [3.8, 4) is 0 Å². The molecule has 0 saturated carbocycles. The van der Waals surface area contributed by atoms with Crippen LogP contribution in [0.3, 0.4) is 0 Å². The maximum atomic E-state index is 3.51. The van der Waals surface area contributed by atoms with Crippen molar-refractivity contribution in [2.24, 2.45) is 0 Å². The molecule has 112 valence electrons. The molecule has 4 rings (SSSR count). The molecule has 23 heavy (non-hydrogen) atoms. The van der Waals surface area contributed by atoms with Crippen LogP contribution >= 0.6 is 31.9 Å². The monoisotopic (exact) mass is 425 g/mol. The smallest absolute Gasteiger partial charge is 0.0468 e.